The van der Waals surface area contributed by atoms with Gasteiger partial charge < -0.3 is 8.83 Å². The first-order chi connectivity index (χ1) is 27.2. The number of benzene rings is 9. The van der Waals surface area contributed by atoms with Crippen molar-refractivity contribution >= 4 is 88.1 Å². The molecule has 0 unspecified atom stereocenters. The molecule has 11 aromatic rings. The van der Waals surface area contributed by atoms with E-state index in [2.05, 4.69) is 176 Å². The third kappa shape index (κ3) is 4.68. The SMILES string of the molecule is C=Cc1oc2cc(-c3ccc4cc(-c5c6ccccc6c(-c6ccccc6)c6ccccc56)ccc4c3)c3oc4c5ccccc5ccc4c3c2c1/C=C\C. The van der Waals surface area contributed by atoms with Crippen molar-refractivity contribution < 1.29 is 8.83 Å². The van der Waals surface area contributed by atoms with Gasteiger partial charge in [-0.05, 0) is 103 Å². The summed E-state index contributed by atoms with van der Waals surface area (Å²) in [5, 5.41) is 12.8. The van der Waals surface area contributed by atoms with E-state index in [0.717, 1.165) is 71.5 Å². The second-order valence-corrected chi connectivity index (χ2v) is 14.3. The zero-order valence-corrected chi connectivity index (χ0v) is 30.3. The molecule has 0 amide bonds. The Morgan fingerprint density at radius 2 is 1.04 bits per heavy atom. The summed E-state index contributed by atoms with van der Waals surface area (Å²) in [6, 6.07) is 57.0. The van der Waals surface area contributed by atoms with Crippen molar-refractivity contribution in [3.05, 3.63) is 182 Å². The number of fused-ring (bicyclic) bond motifs is 10. The number of furan rings is 2. The number of hydrogen-bond donors (Lipinski definition) is 0. The van der Waals surface area contributed by atoms with Crippen LogP contribution in [-0.4, -0.2) is 0 Å². The predicted octanol–water partition coefficient (Wildman–Crippen LogP) is 15.6. The van der Waals surface area contributed by atoms with Crippen LogP contribution >= 0.6 is 0 Å². The van der Waals surface area contributed by atoms with E-state index >= 15 is 0 Å². The first-order valence-corrected chi connectivity index (χ1v) is 18.8. The summed E-state index contributed by atoms with van der Waals surface area (Å²) in [5.41, 5.74) is 10.6. The predicted molar refractivity (Wildman–Crippen MR) is 235 cm³/mol. The van der Waals surface area contributed by atoms with Gasteiger partial charge in [0.05, 0.1) is 0 Å². The van der Waals surface area contributed by atoms with Crippen LogP contribution in [0, 0.1) is 0 Å². The molecule has 0 atom stereocenters. The van der Waals surface area contributed by atoms with Gasteiger partial charge in [-0.15, -0.1) is 0 Å². The van der Waals surface area contributed by atoms with E-state index in [1.54, 1.807) is 6.08 Å². The lowest BCUT2D eigenvalue weighted by Gasteiger charge is -2.18. The highest BCUT2D eigenvalue weighted by molar-refractivity contribution is 6.27. The molecule has 0 aliphatic rings. The minimum absolute atomic E-state index is 0.754. The number of allylic oxidation sites excluding steroid dienone is 1. The molecule has 0 radical (unpaired) electrons. The molecule has 258 valence electrons. The van der Waals surface area contributed by atoms with Crippen molar-refractivity contribution in [1.29, 1.82) is 0 Å². The van der Waals surface area contributed by atoms with Gasteiger partial charge in [0, 0.05) is 32.7 Å². The van der Waals surface area contributed by atoms with E-state index in [-0.39, 0.29) is 0 Å². The van der Waals surface area contributed by atoms with Crippen LogP contribution in [0.5, 0.6) is 0 Å². The van der Waals surface area contributed by atoms with Gasteiger partial charge in [-0.25, -0.2) is 0 Å². The summed E-state index contributed by atoms with van der Waals surface area (Å²) in [7, 11) is 0. The molecular weight excluding hydrogens is 669 g/mol. The third-order valence-electron chi connectivity index (χ3n) is 11.3. The van der Waals surface area contributed by atoms with Gasteiger partial charge >= 0.3 is 0 Å². The van der Waals surface area contributed by atoms with Crippen LogP contribution in [0.4, 0.5) is 0 Å². The van der Waals surface area contributed by atoms with Crippen molar-refractivity contribution in [2.45, 2.75) is 6.92 Å². The standard InChI is InChI=1S/C53H34O2/c1-3-14-43-46(4-2)54-47-31-45(53-51(50(43)47)44-28-27-32-15-8-9-18-38(32)52(44)55-53)36-25-23-35-30-37(26-24-34(35)29-36)49-41-21-12-10-19-39(41)48(33-16-6-5-7-17-33)40-20-11-13-22-42(40)49/h3-31H,2H2,1H3/b14-3-. The highest BCUT2D eigenvalue weighted by Crippen LogP contribution is 2.47. The van der Waals surface area contributed by atoms with Gasteiger partial charge in [-0.1, -0.05) is 152 Å². The Labute approximate surface area is 317 Å². The van der Waals surface area contributed by atoms with Crippen molar-refractivity contribution in [3.63, 3.8) is 0 Å². The van der Waals surface area contributed by atoms with Crippen LogP contribution < -0.4 is 0 Å². The fraction of sp³-hybridized carbons (Fsp3) is 0.0189. The molecule has 9 aromatic carbocycles. The lowest BCUT2D eigenvalue weighted by Crippen LogP contribution is -1.91. The summed E-state index contributed by atoms with van der Waals surface area (Å²) >= 11 is 0. The lowest BCUT2D eigenvalue weighted by molar-refractivity contribution is 0.603. The Morgan fingerprint density at radius 1 is 0.455 bits per heavy atom. The van der Waals surface area contributed by atoms with E-state index in [4.69, 9.17) is 8.83 Å². The molecule has 2 heterocycles. The minimum atomic E-state index is 0.754. The maximum Gasteiger partial charge on any atom is 0.144 e. The van der Waals surface area contributed by atoms with Gasteiger partial charge in [0.2, 0.25) is 0 Å². The molecule has 2 aromatic heterocycles. The molecule has 0 aliphatic carbocycles. The molecule has 0 spiro atoms. The number of hydrogen-bond acceptors (Lipinski definition) is 2. The first kappa shape index (κ1) is 31.4. The third-order valence-corrected chi connectivity index (χ3v) is 11.3. The Balaban J connectivity index is 1.14. The van der Waals surface area contributed by atoms with Crippen LogP contribution in [0.25, 0.3) is 122 Å². The Hall–Kier alpha value is -7.16. The van der Waals surface area contributed by atoms with E-state index in [9.17, 15) is 0 Å². The quantitative estimate of drug-likeness (QED) is 0.167. The largest absolute Gasteiger partial charge is 0.456 e. The Kier molecular flexibility index (Phi) is 6.96. The summed E-state index contributed by atoms with van der Waals surface area (Å²) in [5.74, 6) is 0.754. The summed E-state index contributed by atoms with van der Waals surface area (Å²) in [6.45, 7) is 6.12. The molecule has 0 saturated heterocycles. The van der Waals surface area contributed by atoms with Gasteiger partial charge in [-0.3, -0.25) is 0 Å². The monoisotopic (exact) mass is 702 g/mol. The smallest absolute Gasteiger partial charge is 0.144 e. The molecular formula is C53H34O2. The molecule has 0 aliphatic heterocycles. The van der Waals surface area contributed by atoms with Crippen molar-refractivity contribution in [2.24, 2.45) is 0 Å². The second-order valence-electron chi connectivity index (χ2n) is 14.3. The maximum absolute atomic E-state index is 6.96. The van der Waals surface area contributed by atoms with Gasteiger partial charge in [0.15, 0.2) is 0 Å². The van der Waals surface area contributed by atoms with E-state index in [0.29, 0.717) is 0 Å². The molecule has 0 fully saturated rings. The van der Waals surface area contributed by atoms with Crippen molar-refractivity contribution in [2.75, 3.05) is 0 Å². The zero-order chi connectivity index (χ0) is 36.6. The van der Waals surface area contributed by atoms with E-state index in [1.165, 1.54) is 49.2 Å². The maximum atomic E-state index is 6.96. The topological polar surface area (TPSA) is 26.3 Å². The zero-order valence-electron chi connectivity index (χ0n) is 30.3. The van der Waals surface area contributed by atoms with Crippen LogP contribution in [0.15, 0.2) is 179 Å². The van der Waals surface area contributed by atoms with Crippen LogP contribution in [0.1, 0.15) is 18.2 Å². The number of rotatable bonds is 5. The van der Waals surface area contributed by atoms with E-state index < -0.39 is 0 Å². The molecule has 11 rings (SSSR count). The van der Waals surface area contributed by atoms with Crippen LogP contribution in [-0.2, 0) is 0 Å². The highest BCUT2D eigenvalue weighted by Gasteiger charge is 2.23. The van der Waals surface area contributed by atoms with E-state index in [1.807, 2.05) is 6.92 Å². The van der Waals surface area contributed by atoms with Crippen LogP contribution in [0.2, 0.25) is 0 Å². The van der Waals surface area contributed by atoms with Crippen molar-refractivity contribution in [1.82, 2.24) is 0 Å². The molecule has 0 bridgehead atoms. The second kappa shape index (κ2) is 12.2. The molecule has 0 N–H and O–H groups in total. The first-order valence-electron chi connectivity index (χ1n) is 18.8. The average Bonchev–Trinajstić information content (AvgIpc) is 3.81. The average molecular weight is 703 g/mol. The summed E-state index contributed by atoms with van der Waals surface area (Å²) < 4.78 is 13.5. The van der Waals surface area contributed by atoms with Crippen LogP contribution in [0.3, 0.4) is 0 Å². The van der Waals surface area contributed by atoms with Gasteiger partial charge in [-0.2, -0.15) is 0 Å². The molecule has 0 saturated carbocycles. The molecule has 2 heteroatoms. The lowest BCUT2D eigenvalue weighted by atomic mass is 9.85. The highest BCUT2D eigenvalue weighted by atomic mass is 16.3. The fourth-order valence-electron chi connectivity index (χ4n) is 8.92. The fourth-order valence-corrected chi connectivity index (χ4v) is 8.92. The Bertz CT molecular complexity index is 3330. The summed E-state index contributed by atoms with van der Waals surface area (Å²) in [6.07, 6.45) is 5.96. The van der Waals surface area contributed by atoms with Gasteiger partial charge in [0.1, 0.15) is 22.5 Å². The van der Waals surface area contributed by atoms with Gasteiger partial charge in [0.25, 0.3) is 0 Å². The molecule has 55 heavy (non-hydrogen) atoms. The normalized spacial score (nSPS) is 12.1. The van der Waals surface area contributed by atoms with Crippen molar-refractivity contribution in [3.8, 4) is 33.4 Å². The molecule has 2 nitrogen and oxygen atoms in total. The minimum Gasteiger partial charge on any atom is -0.456 e. The summed E-state index contributed by atoms with van der Waals surface area (Å²) in [4.78, 5) is 0. The Morgan fingerprint density at radius 3 is 1.71 bits per heavy atom.